The summed E-state index contributed by atoms with van der Waals surface area (Å²) in [5.41, 5.74) is 5.46. The van der Waals surface area contributed by atoms with Crippen LogP contribution in [0.25, 0.3) is 0 Å². The van der Waals surface area contributed by atoms with Gasteiger partial charge >= 0.3 is 0 Å². The molecule has 3 N–H and O–H groups in total. The molecule has 7 heteroatoms. The molecule has 0 aliphatic carbocycles. The zero-order chi connectivity index (χ0) is 16.1. The van der Waals surface area contributed by atoms with Gasteiger partial charge in [0.2, 0.25) is 0 Å². The second kappa shape index (κ2) is 7.29. The molecule has 2 aromatic rings. The van der Waals surface area contributed by atoms with Gasteiger partial charge in [-0.15, -0.1) is 11.3 Å². The van der Waals surface area contributed by atoms with Crippen LogP contribution >= 0.6 is 22.9 Å². The molecule has 5 nitrogen and oxygen atoms in total. The molecule has 1 aromatic carbocycles. The lowest BCUT2D eigenvalue weighted by atomic mass is 10.2. The van der Waals surface area contributed by atoms with Crippen molar-refractivity contribution in [2.45, 2.75) is 13.0 Å². The SMILES string of the molecule is C[C@@H](NC(=O)c1cccc(OCC(N)=O)c1)c1ccc(Cl)s1. The van der Waals surface area contributed by atoms with E-state index < -0.39 is 5.91 Å². The lowest BCUT2D eigenvalue weighted by molar-refractivity contribution is -0.119. The minimum atomic E-state index is -0.571. The van der Waals surface area contributed by atoms with Crippen LogP contribution in [0.4, 0.5) is 0 Å². The van der Waals surface area contributed by atoms with E-state index in [4.69, 9.17) is 22.1 Å². The highest BCUT2D eigenvalue weighted by molar-refractivity contribution is 7.16. The Morgan fingerprint density at radius 1 is 1.36 bits per heavy atom. The van der Waals surface area contributed by atoms with Crippen LogP contribution in [0.3, 0.4) is 0 Å². The number of nitrogens with one attached hydrogen (secondary N) is 1. The molecule has 1 aromatic heterocycles. The van der Waals surface area contributed by atoms with E-state index in [1.54, 1.807) is 30.3 Å². The van der Waals surface area contributed by atoms with Gasteiger partial charge in [-0.2, -0.15) is 0 Å². The maximum absolute atomic E-state index is 12.2. The van der Waals surface area contributed by atoms with Crippen molar-refractivity contribution in [2.75, 3.05) is 6.61 Å². The van der Waals surface area contributed by atoms with Crippen molar-refractivity contribution < 1.29 is 14.3 Å². The van der Waals surface area contributed by atoms with Crippen molar-refractivity contribution in [3.05, 3.63) is 51.2 Å². The monoisotopic (exact) mass is 338 g/mol. The van der Waals surface area contributed by atoms with E-state index in [2.05, 4.69) is 5.32 Å². The Labute approximate surface area is 137 Å². The summed E-state index contributed by atoms with van der Waals surface area (Å²) in [6.07, 6.45) is 0. The fourth-order valence-corrected chi connectivity index (χ4v) is 2.86. The summed E-state index contributed by atoms with van der Waals surface area (Å²) in [4.78, 5) is 23.9. The Kier molecular flexibility index (Phi) is 5.41. The van der Waals surface area contributed by atoms with E-state index in [9.17, 15) is 9.59 Å². The predicted molar refractivity (Wildman–Crippen MR) is 86.3 cm³/mol. The molecule has 0 aliphatic heterocycles. The van der Waals surface area contributed by atoms with Gasteiger partial charge in [-0.3, -0.25) is 9.59 Å². The largest absolute Gasteiger partial charge is 0.484 e. The molecule has 0 bridgehead atoms. The van der Waals surface area contributed by atoms with Gasteiger partial charge in [0.15, 0.2) is 6.61 Å². The normalized spacial score (nSPS) is 11.7. The lowest BCUT2D eigenvalue weighted by Gasteiger charge is -2.13. The molecule has 1 heterocycles. The molecule has 0 fully saturated rings. The topological polar surface area (TPSA) is 81.4 Å². The van der Waals surface area contributed by atoms with E-state index in [1.165, 1.54) is 11.3 Å². The third-order valence-corrected chi connectivity index (χ3v) is 4.26. The van der Waals surface area contributed by atoms with Gasteiger partial charge in [-0.25, -0.2) is 0 Å². The first-order valence-electron chi connectivity index (χ1n) is 6.53. The van der Waals surface area contributed by atoms with Crippen molar-refractivity contribution in [1.82, 2.24) is 5.32 Å². The number of primary amides is 1. The third-order valence-electron chi connectivity index (χ3n) is 2.85. The van der Waals surface area contributed by atoms with Gasteiger partial charge < -0.3 is 15.8 Å². The van der Waals surface area contributed by atoms with E-state index >= 15 is 0 Å². The van der Waals surface area contributed by atoms with Gasteiger partial charge in [0.05, 0.1) is 10.4 Å². The Bertz CT molecular complexity index is 687. The van der Waals surface area contributed by atoms with Crippen LogP contribution in [-0.4, -0.2) is 18.4 Å². The number of ether oxygens (including phenoxy) is 1. The van der Waals surface area contributed by atoms with Gasteiger partial charge in [0.1, 0.15) is 5.75 Å². The number of thiophene rings is 1. The number of hydrogen-bond acceptors (Lipinski definition) is 4. The third kappa shape index (κ3) is 4.47. The average Bonchev–Trinajstić information content (AvgIpc) is 2.92. The van der Waals surface area contributed by atoms with Crippen LogP contribution < -0.4 is 15.8 Å². The molecule has 2 rings (SSSR count). The number of carbonyl (C=O) groups excluding carboxylic acids is 2. The van der Waals surface area contributed by atoms with Crippen LogP contribution in [0.2, 0.25) is 4.34 Å². The molecular formula is C15H15ClN2O3S. The molecule has 22 heavy (non-hydrogen) atoms. The van der Waals surface area contributed by atoms with Gasteiger partial charge in [-0.1, -0.05) is 17.7 Å². The smallest absolute Gasteiger partial charge is 0.255 e. The van der Waals surface area contributed by atoms with Crippen LogP contribution in [0.1, 0.15) is 28.2 Å². The summed E-state index contributed by atoms with van der Waals surface area (Å²) in [6, 6.07) is 10.1. The molecule has 2 amide bonds. The molecule has 0 spiro atoms. The van der Waals surface area contributed by atoms with Crippen LogP contribution in [0.15, 0.2) is 36.4 Å². The second-order valence-corrected chi connectivity index (χ2v) is 6.37. The number of halogens is 1. The van der Waals surface area contributed by atoms with Gasteiger partial charge in [0, 0.05) is 10.4 Å². The van der Waals surface area contributed by atoms with Crippen LogP contribution in [-0.2, 0) is 4.79 Å². The van der Waals surface area contributed by atoms with Crippen molar-refractivity contribution in [1.29, 1.82) is 0 Å². The maximum Gasteiger partial charge on any atom is 0.255 e. The standard InChI is InChI=1S/C15H15ClN2O3S/c1-9(12-5-6-13(16)22-12)18-15(20)10-3-2-4-11(7-10)21-8-14(17)19/h2-7,9H,8H2,1H3,(H2,17,19)(H,18,20)/t9-/m1/s1. The van der Waals surface area contributed by atoms with E-state index in [1.807, 2.05) is 13.0 Å². The fraction of sp³-hybridized carbons (Fsp3) is 0.200. The highest BCUT2D eigenvalue weighted by Gasteiger charge is 2.13. The van der Waals surface area contributed by atoms with Crippen molar-refractivity contribution >= 4 is 34.8 Å². The van der Waals surface area contributed by atoms with Crippen LogP contribution in [0.5, 0.6) is 5.75 Å². The number of amides is 2. The first-order chi connectivity index (χ1) is 10.5. The van der Waals surface area contributed by atoms with Crippen molar-refractivity contribution in [3.8, 4) is 5.75 Å². The summed E-state index contributed by atoms with van der Waals surface area (Å²) >= 11 is 7.31. The second-order valence-electron chi connectivity index (χ2n) is 4.62. The molecule has 0 saturated carbocycles. The predicted octanol–water partition coefficient (Wildman–Crippen LogP) is 2.76. The summed E-state index contributed by atoms with van der Waals surface area (Å²) in [7, 11) is 0. The summed E-state index contributed by atoms with van der Waals surface area (Å²) in [6.45, 7) is 1.66. The Hall–Kier alpha value is -2.05. The first-order valence-corrected chi connectivity index (χ1v) is 7.72. The highest BCUT2D eigenvalue weighted by atomic mass is 35.5. The van der Waals surface area contributed by atoms with E-state index in [0.29, 0.717) is 15.6 Å². The summed E-state index contributed by atoms with van der Waals surface area (Å²) in [5, 5.41) is 2.88. The molecule has 116 valence electrons. The minimum absolute atomic E-state index is 0.153. The van der Waals surface area contributed by atoms with E-state index in [0.717, 1.165) is 4.88 Å². The fourth-order valence-electron chi connectivity index (χ4n) is 1.79. The number of benzene rings is 1. The van der Waals surface area contributed by atoms with Gasteiger partial charge in [-0.05, 0) is 37.3 Å². The number of rotatable bonds is 6. The molecule has 0 unspecified atom stereocenters. The average molecular weight is 339 g/mol. The maximum atomic E-state index is 12.2. The number of carbonyl (C=O) groups is 2. The molecule has 0 radical (unpaired) electrons. The quantitative estimate of drug-likeness (QED) is 0.849. The zero-order valence-electron chi connectivity index (χ0n) is 11.8. The van der Waals surface area contributed by atoms with Gasteiger partial charge in [0.25, 0.3) is 11.8 Å². The first kappa shape index (κ1) is 16.3. The van der Waals surface area contributed by atoms with E-state index in [-0.39, 0.29) is 18.6 Å². The molecule has 1 atom stereocenters. The Morgan fingerprint density at radius 3 is 2.77 bits per heavy atom. The Morgan fingerprint density at radius 2 is 2.14 bits per heavy atom. The number of nitrogens with two attached hydrogens (primary N) is 1. The number of hydrogen-bond donors (Lipinski definition) is 2. The lowest BCUT2D eigenvalue weighted by Crippen LogP contribution is -2.26. The minimum Gasteiger partial charge on any atom is -0.484 e. The van der Waals surface area contributed by atoms with Crippen molar-refractivity contribution in [3.63, 3.8) is 0 Å². The highest BCUT2D eigenvalue weighted by Crippen LogP contribution is 2.27. The summed E-state index contributed by atoms with van der Waals surface area (Å²) < 4.78 is 5.86. The molecule has 0 aliphatic rings. The zero-order valence-corrected chi connectivity index (χ0v) is 13.4. The summed E-state index contributed by atoms with van der Waals surface area (Å²) in [5.74, 6) is -0.391. The molecule has 0 saturated heterocycles. The Balaban J connectivity index is 2.02. The molecular weight excluding hydrogens is 324 g/mol. The van der Waals surface area contributed by atoms with Crippen molar-refractivity contribution in [2.24, 2.45) is 5.73 Å². The van der Waals surface area contributed by atoms with Crippen LogP contribution in [0, 0.1) is 0 Å².